The van der Waals surface area contributed by atoms with Crippen LogP contribution in [0.3, 0.4) is 0 Å². The third-order valence-electron chi connectivity index (χ3n) is 5.59. The van der Waals surface area contributed by atoms with E-state index in [0.29, 0.717) is 6.10 Å². The van der Waals surface area contributed by atoms with Gasteiger partial charge in [-0.25, -0.2) is 4.21 Å². The van der Waals surface area contributed by atoms with E-state index in [4.69, 9.17) is 9.13 Å². The lowest BCUT2D eigenvalue weighted by Crippen LogP contribution is -2.36. The van der Waals surface area contributed by atoms with Gasteiger partial charge in [-0.1, -0.05) is 29.4 Å². The molecule has 0 N–H and O–H groups in total. The molecule has 0 amide bonds. The van der Waals surface area contributed by atoms with Gasteiger partial charge < -0.3 is 4.74 Å². The van der Waals surface area contributed by atoms with E-state index in [1.807, 2.05) is 20.8 Å². The largest absolute Gasteiger partial charge is 0.381 e. The first-order chi connectivity index (χ1) is 11.7. The lowest BCUT2D eigenvalue weighted by molar-refractivity contribution is 0.0468. The van der Waals surface area contributed by atoms with Crippen LogP contribution in [0.1, 0.15) is 70.6 Å². The van der Waals surface area contributed by atoms with Gasteiger partial charge in [0.1, 0.15) is 11.0 Å². The van der Waals surface area contributed by atoms with Gasteiger partial charge in [0.05, 0.1) is 16.6 Å². The predicted molar refractivity (Wildman–Crippen MR) is 115 cm³/mol. The van der Waals surface area contributed by atoms with Crippen molar-refractivity contribution in [3.8, 4) is 0 Å². The molecule has 1 atom stereocenters. The first kappa shape index (κ1) is 21.8. The second kappa shape index (κ2) is 7.84. The molecule has 1 fully saturated rings. The molecule has 1 aromatic carbocycles. The zero-order valence-corrected chi connectivity index (χ0v) is 18.2. The number of hydrogen-bond donors (Lipinski definition) is 0. The molecule has 0 radical (unpaired) electrons. The summed E-state index contributed by atoms with van der Waals surface area (Å²) in [4.78, 5) is 0. The highest BCUT2D eigenvalue weighted by Crippen LogP contribution is 2.49. The van der Waals surface area contributed by atoms with Gasteiger partial charge in [-0.05, 0) is 77.0 Å². The van der Waals surface area contributed by atoms with E-state index in [-0.39, 0.29) is 17.6 Å². The number of benzene rings is 1. The summed E-state index contributed by atoms with van der Waals surface area (Å²) in [5.74, 6) is 0. The van der Waals surface area contributed by atoms with Crippen LogP contribution in [-0.4, -0.2) is 27.9 Å². The molecule has 0 aromatic heterocycles. The maximum atomic E-state index is 12.8. The molecule has 1 spiro atoms. The van der Waals surface area contributed by atoms with E-state index >= 15 is 0 Å². The Balaban J connectivity index is 0.00000243. The van der Waals surface area contributed by atoms with Crippen LogP contribution in [0.15, 0.2) is 21.0 Å². The highest BCUT2D eigenvalue weighted by Gasteiger charge is 2.46. The van der Waals surface area contributed by atoms with Crippen molar-refractivity contribution in [3.63, 3.8) is 0 Å². The van der Waals surface area contributed by atoms with Gasteiger partial charge in [0, 0.05) is 22.6 Å². The number of methoxy groups -OCH3 is 1. The van der Waals surface area contributed by atoms with Gasteiger partial charge in [-0.3, -0.25) is 0 Å². The van der Waals surface area contributed by atoms with Crippen molar-refractivity contribution >= 4 is 32.6 Å². The number of ether oxygens (including phenoxy) is 1. The summed E-state index contributed by atoms with van der Waals surface area (Å²) in [5, 5.41) is 0. The fourth-order valence-corrected chi connectivity index (χ4v) is 5.08. The molecule has 2 aliphatic rings. The molecule has 2 aliphatic carbocycles. The van der Waals surface area contributed by atoms with E-state index in [0.717, 1.165) is 42.3 Å². The maximum Gasteiger partial charge on any atom is 0.145 e. The van der Waals surface area contributed by atoms with E-state index in [2.05, 4.69) is 35.0 Å². The van der Waals surface area contributed by atoms with Gasteiger partial charge in [0.2, 0.25) is 0 Å². The minimum atomic E-state index is -1.24. The van der Waals surface area contributed by atoms with E-state index < -0.39 is 11.0 Å². The van der Waals surface area contributed by atoms with Crippen LogP contribution in [0.2, 0.25) is 0 Å². The fourth-order valence-electron chi connectivity index (χ4n) is 4.00. The van der Waals surface area contributed by atoms with Crippen LogP contribution < -0.4 is 0 Å². The Bertz CT molecular complexity index is 728. The Labute approximate surface area is 169 Å². The van der Waals surface area contributed by atoms with Crippen LogP contribution in [0.25, 0.3) is 0 Å². The number of fused-ring (bicyclic) bond motifs is 1. The molecular weight excluding hydrogens is 410 g/mol. The first-order valence-electron chi connectivity index (χ1n) is 9.00. The van der Waals surface area contributed by atoms with E-state index in [1.54, 1.807) is 7.11 Å². The van der Waals surface area contributed by atoms with Gasteiger partial charge in [0.25, 0.3) is 0 Å². The van der Waals surface area contributed by atoms with Crippen LogP contribution in [0.5, 0.6) is 0 Å². The van der Waals surface area contributed by atoms with Crippen LogP contribution in [0.4, 0.5) is 0 Å². The molecular formula is C21H32BrNO2S. The second-order valence-electron chi connectivity index (χ2n) is 8.45. The molecule has 1 unspecified atom stereocenters. The third kappa shape index (κ3) is 4.00. The molecule has 3 rings (SSSR count). The summed E-state index contributed by atoms with van der Waals surface area (Å²) in [7, 11) is 0.559. The maximum absolute atomic E-state index is 12.8. The first-order valence-corrected chi connectivity index (χ1v) is 10.9. The minimum absolute atomic E-state index is 0. The molecule has 0 bridgehead atoms. The van der Waals surface area contributed by atoms with Gasteiger partial charge in [-0.15, -0.1) is 0 Å². The van der Waals surface area contributed by atoms with Crippen molar-refractivity contribution in [2.24, 2.45) is 9.81 Å². The molecule has 26 heavy (non-hydrogen) atoms. The molecule has 0 heterocycles. The average Bonchev–Trinajstić information content (AvgIpc) is 2.81. The van der Waals surface area contributed by atoms with Crippen molar-refractivity contribution in [1.82, 2.24) is 0 Å². The van der Waals surface area contributed by atoms with Gasteiger partial charge >= 0.3 is 0 Å². The third-order valence-corrected chi connectivity index (χ3v) is 7.84. The normalized spacial score (nSPS) is 28.1. The van der Waals surface area contributed by atoms with Crippen molar-refractivity contribution in [3.05, 3.63) is 33.3 Å². The zero-order chi connectivity index (χ0) is 18.4. The summed E-state index contributed by atoms with van der Waals surface area (Å²) >= 11 is 3.66. The van der Waals surface area contributed by atoms with E-state index in [9.17, 15) is 4.21 Å². The van der Waals surface area contributed by atoms with Crippen molar-refractivity contribution < 1.29 is 8.95 Å². The number of aryl methyl sites for hydroxylation is 1. The molecule has 146 valence electrons. The Morgan fingerprint density at radius 1 is 1.27 bits per heavy atom. The summed E-state index contributed by atoms with van der Waals surface area (Å²) < 4.78 is 24.0. The SMILES string of the molecule is C.COC1CCC2(CC1)Cc1cc(C)c(Br)cc1C2=NS(=O)C(C)(C)C. The quantitative estimate of drug-likeness (QED) is 0.583. The van der Waals surface area contributed by atoms with Gasteiger partial charge in [-0.2, -0.15) is 4.40 Å². The van der Waals surface area contributed by atoms with Crippen molar-refractivity contribution in [1.29, 1.82) is 0 Å². The topological polar surface area (TPSA) is 38.7 Å². The van der Waals surface area contributed by atoms with Gasteiger partial charge in [0.15, 0.2) is 0 Å². The summed E-state index contributed by atoms with van der Waals surface area (Å²) in [6.07, 6.45) is 5.55. The Morgan fingerprint density at radius 2 is 1.88 bits per heavy atom. The fraction of sp³-hybridized carbons (Fsp3) is 0.667. The van der Waals surface area contributed by atoms with Crippen LogP contribution in [0, 0.1) is 12.3 Å². The number of nitrogens with zero attached hydrogens (tertiary/aromatic N) is 1. The second-order valence-corrected chi connectivity index (χ2v) is 11.2. The predicted octanol–water partition coefficient (Wildman–Crippen LogP) is 5.78. The smallest absolute Gasteiger partial charge is 0.145 e. The molecule has 1 aromatic rings. The summed E-state index contributed by atoms with van der Waals surface area (Å²) in [6.45, 7) is 8.09. The Kier molecular flexibility index (Phi) is 6.57. The van der Waals surface area contributed by atoms with Crippen molar-refractivity contribution in [2.45, 2.75) is 78.1 Å². The molecule has 0 aliphatic heterocycles. The number of hydrogen-bond acceptors (Lipinski definition) is 2. The highest BCUT2D eigenvalue weighted by atomic mass is 79.9. The number of rotatable bonds is 2. The standard InChI is InChI=1S/C20H28BrNO2S.CH4/c1-13-10-14-12-20(8-6-15(24-5)7-9-20)18(16(14)11-17(13)21)22-25(23)19(2,3)4;/h10-11,15H,6-9,12H2,1-5H3;1H4. The van der Waals surface area contributed by atoms with Crippen LogP contribution >= 0.6 is 15.9 Å². The number of halogens is 1. The average molecular weight is 442 g/mol. The van der Waals surface area contributed by atoms with Crippen molar-refractivity contribution in [2.75, 3.05) is 7.11 Å². The molecule has 3 nitrogen and oxygen atoms in total. The molecule has 1 saturated carbocycles. The Morgan fingerprint density at radius 3 is 2.42 bits per heavy atom. The Hall–Kier alpha value is -0.520. The molecule has 5 heteroatoms. The lowest BCUT2D eigenvalue weighted by atomic mass is 9.70. The monoisotopic (exact) mass is 441 g/mol. The molecule has 0 saturated heterocycles. The highest BCUT2D eigenvalue weighted by molar-refractivity contribution is 9.10. The zero-order valence-electron chi connectivity index (χ0n) is 15.8. The summed E-state index contributed by atoms with van der Waals surface area (Å²) in [5.41, 5.74) is 4.86. The minimum Gasteiger partial charge on any atom is -0.381 e. The van der Waals surface area contributed by atoms with E-state index in [1.165, 1.54) is 16.7 Å². The summed E-state index contributed by atoms with van der Waals surface area (Å²) in [6, 6.07) is 4.45. The van der Waals surface area contributed by atoms with Crippen LogP contribution in [-0.2, 0) is 22.1 Å². The lowest BCUT2D eigenvalue weighted by Gasteiger charge is -2.37.